The summed E-state index contributed by atoms with van der Waals surface area (Å²) >= 11 is 1.85. The SMILES string of the molecule is COCCn1ccc(-c2ccc(CN3CCCCC3c3cccnc3)s2)n1. The van der Waals surface area contributed by atoms with Gasteiger partial charge in [0.2, 0.25) is 0 Å². The monoisotopic (exact) mass is 382 g/mol. The fourth-order valence-corrected chi connectivity index (χ4v) is 4.73. The predicted molar refractivity (Wildman–Crippen MR) is 109 cm³/mol. The van der Waals surface area contributed by atoms with Crippen molar-refractivity contribution in [2.45, 2.75) is 38.4 Å². The van der Waals surface area contributed by atoms with E-state index in [9.17, 15) is 0 Å². The number of pyridine rings is 1. The normalized spacial score (nSPS) is 18.0. The zero-order valence-electron chi connectivity index (χ0n) is 15.8. The molecule has 1 fully saturated rings. The van der Waals surface area contributed by atoms with E-state index in [1.54, 1.807) is 7.11 Å². The van der Waals surface area contributed by atoms with Crippen molar-refractivity contribution in [3.63, 3.8) is 0 Å². The Morgan fingerprint density at radius 1 is 1.22 bits per heavy atom. The van der Waals surface area contributed by atoms with Gasteiger partial charge in [-0.2, -0.15) is 5.10 Å². The van der Waals surface area contributed by atoms with Gasteiger partial charge >= 0.3 is 0 Å². The highest BCUT2D eigenvalue weighted by Crippen LogP contribution is 2.34. The van der Waals surface area contributed by atoms with Gasteiger partial charge in [-0.05, 0) is 49.2 Å². The van der Waals surface area contributed by atoms with Gasteiger partial charge in [0, 0.05) is 43.2 Å². The summed E-state index contributed by atoms with van der Waals surface area (Å²) in [6.45, 7) is 3.61. The number of hydrogen-bond acceptors (Lipinski definition) is 5. The maximum absolute atomic E-state index is 5.13. The van der Waals surface area contributed by atoms with E-state index in [4.69, 9.17) is 4.74 Å². The Bertz CT molecular complexity index is 845. The first kappa shape index (κ1) is 18.3. The van der Waals surface area contributed by atoms with Crippen LogP contribution in [0.1, 0.15) is 35.7 Å². The average molecular weight is 383 g/mol. The molecule has 5 nitrogen and oxygen atoms in total. The number of likely N-dealkylation sites (tertiary alicyclic amines) is 1. The molecule has 0 amide bonds. The van der Waals surface area contributed by atoms with Crippen molar-refractivity contribution in [1.29, 1.82) is 0 Å². The molecule has 3 aromatic heterocycles. The number of aromatic nitrogens is 3. The second-order valence-electron chi connectivity index (χ2n) is 6.99. The van der Waals surface area contributed by atoms with Crippen LogP contribution < -0.4 is 0 Å². The van der Waals surface area contributed by atoms with Crippen molar-refractivity contribution in [1.82, 2.24) is 19.7 Å². The maximum atomic E-state index is 5.13. The van der Waals surface area contributed by atoms with Crippen LogP contribution in [0, 0.1) is 0 Å². The van der Waals surface area contributed by atoms with Crippen LogP contribution in [0.5, 0.6) is 0 Å². The highest BCUT2D eigenvalue weighted by atomic mass is 32.1. The fraction of sp³-hybridized carbons (Fsp3) is 0.429. The van der Waals surface area contributed by atoms with Gasteiger partial charge in [0.25, 0.3) is 0 Å². The Morgan fingerprint density at radius 3 is 3.04 bits per heavy atom. The molecule has 0 saturated carbocycles. The third kappa shape index (κ3) is 4.46. The molecule has 6 heteroatoms. The van der Waals surface area contributed by atoms with Crippen LogP contribution >= 0.6 is 11.3 Å². The van der Waals surface area contributed by atoms with Crippen molar-refractivity contribution in [3.05, 3.63) is 59.4 Å². The lowest BCUT2D eigenvalue weighted by Gasteiger charge is -2.35. The van der Waals surface area contributed by atoms with E-state index in [0.29, 0.717) is 12.6 Å². The van der Waals surface area contributed by atoms with Gasteiger partial charge in [-0.3, -0.25) is 14.6 Å². The minimum Gasteiger partial charge on any atom is -0.383 e. The Balaban J connectivity index is 1.45. The lowest BCUT2D eigenvalue weighted by Crippen LogP contribution is -2.32. The van der Waals surface area contributed by atoms with Crippen LogP contribution in [0.15, 0.2) is 48.9 Å². The summed E-state index contributed by atoms with van der Waals surface area (Å²) in [5.74, 6) is 0. The highest BCUT2D eigenvalue weighted by molar-refractivity contribution is 7.15. The van der Waals surface area contributed by atoms with E-state index in [2.05, 4.69) is 39.2 Å². The van der Waals surface area contributed by atoms with E-state index in [0.717, 1.165) is 25.3 Å². The Morgan fingerprint density at radius 2 is 2.19 bits per heavy atom. The zero-order chi connectivity index (χ0) is 18.5. The third-order valence-electron chi connectivity index (χ3n) is 5.12. The number of hydrogen-bond donors (Lipinski definition) is 0. The van der Waals surface area contributed by atoms with Crippen LogP contribution in [0.25, 0.3) is 10.6 Å². The molecule has 27 heavy (non-hydrogen) atoms. The van der Waals surface area contributed by atoms with Gasteiger partial charge < -0.3 is 4.74 Å². The molecular weight excluding hydrogens is 356 g/mol. The van der Waals surface area contributed by atoms with E-state index < -0.39 is 0 Å². The summed E-state index contributed by atoms with van der Waals surface area (Å²) in [7, 11) is 1.72. The first-order chi connectivity index (χ1) is 13.3. The summed E-state index contributed by atoms with van der Waals surface area (Å²) in [5.41, 5.74) is 2.38. The molecule has 1 saturated heterocycles. The van der Waals surface area contributed by atoms with Gasteiger partial charge in [-0.25, -0.2) is 0 Å². The minimum absolute atomic E-state index is 0.478. The summed E-state index contributed by atoms with van der Waals surface area (Å²) in [5, 5.41) is 4.67. The van der Waals surface area contributed by atoms with Crippen molar-refractivity contribution in [2.75, 3.05) is 20.3 Å². The molecule has 4 heterocycles. The molecular formula is C21H26N4OS. The number of ether oxygens (including phenoxy) is 1. The number of piperidine rings is 1. The summed E-state index contributed by atoms with van der Waals surface area (Å²) < 4.78 is 7.07. The molecule has 0 aromatic carbocycles. The Labute approximate surface area is 164 Å². The number of methoxy groups -OCH3 is 1. The second-order valence-corrected chi connectivity index (χ2v) is 8.16. The van der Waals surface area contributed by atoms with Gasteiger partial charge in [-0.15, -0.1) is 11.3 Å². The van der Waals surface area contributed by atoms with Crippen LogP contribution in [-0.2, 0) is 17.8 Å². The topological polar surface area (TPSA) is 43.2 Å². The van der Waals surface area contributed by atoms with Crippen molar-refractivity contribution in [3.8, 4) is 10.6 Å². The predicted octanol–water partition coefficient (Wildman–Crippen LogP) is 4.38. The average Bonchev–Trinajstić information content (AvgIpc) is 3.37. The van der Waals surface area contributed by atoms with Crippen molar-refractivity contribution in [2.24, 2.45) is 0 Å². The van der Waals surface area contributed by atoms with E-state index in [-0.39, 0.29) is 0 Å². The molecule has 1 aliphatic rings. The molecule has 1 unspecified atom stereocenters. The van der Waals surface area contributed by atoms with Crippen molar-refractivity contribution >= 4 is 11.3 Å². The molecule has 1 aliphatic heterocycles. The van der Waals surface area contributed by atoms with Crippen LogP contribution in [0.2, 0.25) is 0 Å². The van der Waals surface area contributed by atoms with Crippen molar-refractivity contribution < 1.29 is 4.74 Å². The highest BCUT2D eigenvalue weighted by Gasteiger charge is 2.24. The molecule has 3 aromatic rings. The van der Waals surface area contributed by atoms with Gasteiger partial charge in [0.05, 0.1) is 18.0 Å². The maximum Gasteiger partial charge on any atom is 0.102 e. The van der Waals surface area contributed by atoms with E-state index in [1.807, 2.05) is 40.7 Å². The van der Waals surface area contributed by atoms with Crippen LogP contribution in [-0.4, -0.2) is 39.9 Å². The molecule has 0 aliphatic carbocycles. The summed E-state index contributed by atoms with van der Waals surface area (Å²) in [6.07, 6.45) is 9.69. The molecule has 0 spiro atoms. The van der Waals surface area contributed by atoms with E-state index in [1.165, 1.54) is 34.6 Å². The van der Waals surface area contributed by atoms with Gasteiger partial charge in [0.15, 0.2) is 0 Å². The smallest absolute Gasteiger partial charge is 0.102 e. The first-order valence-corrected chi connectivity index (χ1v) is 10.4. The minimum atomic E-state index is 0.478. The third-order valence-corrected chi connectivity index (χ3v) is 6.21. The largest absolute Gasteiger partial charge is 0.383 e. The number of nitrogens with zero attached hydrogens (tertiary/aromatic N) is 4. The molecule has 4 rings (SSSR count). The molecule has 0 bridgehead atoms. The number of thiophene rings is 1. The first-order valence-electron chi connectivity index (χ1n) is 9.59. The summed E-state index contributed by atoms with van der Waals surface area (Å²) in [4.78, 5) is 9.56. The van der Waals surface area contributed by atoms with Crippen LogP contribution in [0.4, 0.5) is 0 Å². The molecule has 0 radical (unpaired) electrons. The second kappa shape index (κ2) is 8.78. The van der Waals surface area contributed by atoms with Gasteiger partial charge in [0.1, 0.15) is 5.69 Å². The standard InChI is InChI=1S/C21H26N4OS/c1-26-14-13-25-12-9-19(23-25)21-8-7-18(27-21)16-24-11-3-2-6-20(24)17-5-4-10-22-15-17/h4-5,7-10,12,15,20H,2-3,6,11,13-14,16H2,1H3. The number of rotatable bonds is 7. The Hall–Kier alpha value is -2.02. The van der Waals surface area contributed by atoms with E-state index >= 15 is 0 Å². The molecule has 142 valence electrons. The zero-order valence-corrected chi connectivity index (χ0v) is 16.6. The van der Waals surface area contributed by atoms with Gasteiger partial charge in [-0.1, -0.05) is 12.5 Å². The van der Waals surface area contributed by atoms with Crippen LogP contribution in [0.3, 0.4) is 0 Å². The lowest BCUT2D eigenvalue weighted by molar-refractivity contribution is 0.141. The molecule has 0 N–H and O–H groups in total. The fourth-order valence-electron chi connectivity index (χ4n) is 3.73. The lowest BCUT2D eigenvalue weighted by atomic mass is 9.96. The Kier molecular flexibility index (Phi) is 5.97. The molecule has 1 atom stereocenters. The quantitative estimate of drug-likeness (QED) is 0.608. The summed E-state index contributed by atoms with van der Waals surface area (Å²) in [6, 6.07) is 11.3.